The molecule has 0 bridgehead atoms. The Bertz CT molecular complexity index is 377. The Morgan fingerprint density at radius 2 is 2.43 bits per heavy atom. The number of anilines is 1. The lowest BCUT2D eigenvalue weighted by atomic mass is 10.4. The number of carbonyl (C=O) groups excluding carboxylic acids is 1. The van der Waals surface area contributed by atoms with E-state index in [1.165, 1.54) is 17.5 Å². The summed E-state index contributed by atoms with van der Waals surface area (Å²) in [5.74, 6) is -4.56. The number of hydrogen-bond acceptors (Lipinski definition) is 3. The molecule has 0 radical (unpaired) electrons. The predicted octanol–water partition coefficient (Wildman–Crippen LogP) is 2.05. The number of thiazole rings is 1. The van der Waals surface area contributed by atoms with Gasteiger partial charge in [-0.25, -0.2) is 13.8 Å². The van der Waals surface area contributed by atoms with E-state index in [4.69, 9.17) is 0 Å². The largest absolute Gasteiger partial charge is 0.316 e. The Hall–Kier alpha value is -1.04. The van der Waals surface area contributed by atoms with Crippen LogP contribution in [0, 0.1) is 12.8 Å². The summed E-state index contributed by atoms with van der Waals surface area (Å²) in [4.78, 5) is 15.1. The van der Waals surface area contributed by atoms with Crippen molar-refractivity contribution in [2.75, 3.05) is 5.32 Å². The third-order valence-electron chi connectivity index (χ3n) is 2.01. The second-order valence-electron chi connectivity index (χ2n) is 3.25. The number of hydrogen-bond donors (Lipinski definition) is 1. The van der Waals surface area contributed by atoms with Crippen LogP contribution in [0.25, 0.3) is 0 Å². The first kappa shape index (κ1) is 9.51. The molecule has 1 saturated carbocycles. The number of rotatable bonds is 2. The smallest absolute Gasteiger partial charge is 0.260 e. The lowest BCUT2D eigenvalue weighted by Crippen LogP contribution is -2.16. The zero-order valence-corrected chi connectivity index (χ0v) is 8.20. The van der Waals surface area contributed by atoms with Crippen LogP contribution in [0.3, 0.4) is 0 Å². The summed E-state index contributed by atoms with van der Waals surface area (Å²) in [6.45, 7) is 1.78. The van der Waals surface area contributed by atoms with Gasteiger partial charge in [0.05, 0.1) is 11.2 Å². The van der Waals surface area contributed by atoms with Crippen LogP contribution in [0.15, 0.2) is 6.20 Å². The average molecular weight is 218 g/mol. The maximum absolute atomic E-state index is 12.5. The van der Waals surface area contributed by atoms with Crippen LogP contribution in [0.2, 0.25) is 0 Å². The number of aromatic nitrogens is 1. The van der Waals surface area contributed by atoms with Crippen LogP contribution in [-0.4, -0.2) is 16.8 Å². The summed E-state index contributed by atoms with van der Waals surface area (Å²) in [5, 5.41) is 3.74. The van der Waals surface area contributed by atoms with Crippen molar-refractivity contribution in [3.63, 3.8) is 0 Å². The highest BCUT2D eigenvalue weighted by atomic mass is 32.1. The Kier molecular flexibility index (Phi) is 2.02. The summed E-state index contributed by atoms with van der Waals surface area (Å²) in [6, 6.07) is 0. The van der Waals surface area contributed by atoms with Crippen LogP contribution >= 0.6 is 11.3 Å². The molecular weight excluding hydrogens is 210 g/mol. The number of amides is 1. The zero-order valence-electron chi connectivity index (χ0n) is 7.38. The van der Waals surface area contributed by atoms with E-state index in [9.17, 15) is 13.6 Å². The average Bonchev–Trinajstić information content (AvgIpc) is 2.51. The molecule has 1 fully saturated rings. The van der Waals surface area contributed by atoms with Crippen LogP contribution in [0.1, 0.15) is 11.4 Å². The van der Waals surface area contributed by atoms with Crippen LogP contribution in [0.5, 0.6) is 0 Å². The first-order valence-electron chi connectivity index (χ1n) is 4.10. The van der Waals surface area contributed by atoms with Gasteiger partial charge in [-0.05, 0) is 6.92 Å². The Morgan fingerprint density at radius 1 is 1.79 bits per heavy atom. The second-order valence-corrected chi connectivity index (χ2v) is 4.49. The molecular formula is C8H8F2N2OS. The maximum Gasteiger partial charge on any atom is 0.260 e. The summed E-state index contributed by atoms with van der Waals surface area (Å²) >= 11 is 1.27. The molecule has 1 atom stereocenters. The van der Waals surface area contributed by atoms with Gasteiger partial charge in [0.2, 0.25) is 5.91 Å². The fourth-order valence-electron chi connectivity index (χ4n) is 1.13. The molecule has 1 unspecified atom stereocenters. The lowest BCUT2D eigenvalue weighted by molar-refractivity contribution is -0.119. The van der Waals surface area contributed by atoms with Gasteiger partial charge in [-0.1, -0.05) is 0 Å². The first-order chi connectivity index (χ1) is 6.49. The van der Waals surface area contributed by atoms with Gasteiger partial charge < -0.3 is 5.32 Å². The molecule has 6 heteroatoms. The van der Waals surface area contributed by atoms with Crippen LogP contribution < -0.4 is 5.32 Å². The lowest BCUT2D eigenvalue weighted by Gasteiger charge is -1.99. The van der Waals surface area contributed by atoms with Crippen molar-refractivity contribution in [1.29, 1.82) is 0 Å². The maximum atomic E-state index is 12.5. The number of alkyl halides is 2. The Labute approximate surface area is 83.2 Å². The summed E-state index contributed by atoms with van der Waals surface area (Å²) in [5.41, 5.74) is 0. The van der Waals surface area contributed by atoms with E-state index in [1.807, 2.05) is 0 Å². The van der Waals surface area contributed by atoms with E-state index in [0.717, 1.165) is 5.01 Å². The summed E-state index contributed by atoms with van der Waals surface area (Å²) in [6.07, 6.45) is 1.13. The Morgan fingerprint density at radius 3 is 2.86 bits per heavy atom. The SMILES string of the molecule is Cc1ncc(NC(=O)C2CC2(F)F)s1. The number of nitrogens with zero attached hydrogens (tertiary/aromatic N) is 1. The van der Waals surface area contributed by atoms with Gasteiger partial charge in [0.25, 0.3) is 5.92 Å². The second kappa shape index (κ2) is 2.98. The van der Waals surface area contributed by atoms with E-state index in [2.05, 4.69) is 10.3 Å². The Balaban J connectivity index is 1.96. The van der Waals surface area contributed by atoms with Gasteiger partial charge >= 0.3 is 0 Å². The zero-order chi connectivity index (χ0) is 10.3. The third-order valence-corrected chi connectivity index (χ3v) is 2.84. The minimum absolute atomic E-state index is 0.337. The molecule has 2 rings (SSSR count). The molecule has 1 amide bonds. The van der Waals surface area contributed by atoms with Gasteiger partial charge in [0, 0.05) is 6.42 Å². The molecule has 76 valence electrons. The number of halogens is 2. The minimum Gasteiger partial charge on any atom is -0.316 e. The first-order valence-corrected chi connectivity index (χ1v) is 4.92. The van der Waals surface area contributed by atoms with Gasteiger partial charge in [-0.15, -0.1) is 11.3 Å². The van der Waals surface area contributed by atoms with Gasteiger partial charge in [-0.3, -0.25) is 4.79 Å². The minimum atomic E-state index is -2.80. The molecule has 1 N–H and O–H groups in total. The molecule has 0 aliphatic heterocycles. The molecule has 0 saturated heterocycles. The normalized spacial score (nSPS) is 23.2. The number of carbonyl (C=O) groups is 1. The van der Waals surface area contributed by atoms with Crippen molar-refractivity contribution in [3.8, 4) is 0 Å². The van der Waals surface area contributed by atoms with Crippen molar-refractivity contribution in [2.45, 2.75) is 19.3 Å². The molecule has 0 aromatic carbocycles. The van der Waals surface area contributed by atoms with E-state index in [1.54, 1.807) is 6.92 Å². The van der Waals surface area contributed by atoms with Gasteiger partial charge in [0.1, 0.15) is 10.9 Å². The molecule has 14 heavy (non-hydrogen) atoms. The topological polar surface area (TPSA) is 42.0 Å². The third kappa shape index (κ3) is 1.75. The molecule has 1 aromatic heterocycles. The standard InChI is InChI=1S/C8H8F2N2OS/c1-4-11-3-6(14-4)12-7(13)5-2-8(5,9)10/h3,5H,2H2,1H3,(H,12,13). The fourth-order valence-corrected chi connectivity index (χ4v) is 1.81. The van der Waals surface area contributed by atoms with Crippen molar-refractivity contribution in [2.24, 2.45) is 5.92 Å². The van der Waals surface area contributed by atoms with E-state index in [-0.39, 0.29) is 6.42 Å². The summed E-state index contributed by atoms with van der Waals surface area (Å²) < 4.78 is 25.0. The van der Waals surface area contributed by atoms with E-state index >= 15 is 0 Å². The fraction of sp³-hybridized carbons (Fsp3) is 0.500. The number of aryl methyl sites for hydroxylation is 1. The van der Waals surface area contributed by atoms with Crippen LogP contribution in [0.4, 0.5) is 13.8 Å². The predicted molar refractivity (Wildman–Crippen MR) is 48.5 cm³/mol. The van der Waals surface area contributed by atoms with Gasteiger partial charge in [-0.2, -0.15) is 0 Å². The molecule has 3 nitrogen and oxygen atoms in total. The number of nitrogens with one attached hydrogen (secondary N) is 1. The molecule has 1 heterocycles. The molecule has 1 aliphatic carbocycles. The van der Waals surface area contributed by atoms with Gasteiger partial charge in [0.15, 0.2) is 0 Å². The van der Waals surface area contributed by atoms with E-state index in [0.29, 0.717) is 5.00 Å². The quantitative estimate of drug-likeness (QED) is 0.825. The van der Waals surface area contributed by atoms with Crippen molar-refractivity contribution in [3.05, 3.63) is 11.2 Å². The van der Waals surface area contributed by atoms with Crippen molar-refractivity contribution < 1.29 is 13.6 Å². The highest BCUT2D eigenvalue weighted by Gasteiger charge is 2.61. The molecule has 1 aromatic rings. The molecule has 0 spiro atoms. The van der Waals surface area contributed by atoms with Crippen LogP contribution in [-0.2, 0) is 4.79 Å². The molecule has 1 aliphatic rings. The highest BCUT2D eigenvalue weighted by molar-refractivity contribution is 7.15. The highest BCUT2D eigenvalue weighted by Crippen LogP contribution is 2.49. The van der Waals surface area contributed by atoms with Crippen molar-refractivity contribution >= 4 is 22.2 Å². The van der Waals surface area contributed by atoms with Crippen molar-refractivity contribution in [1.82, 2.24) is 4.98 Å². The summed E-state index contributed by atoms with van der Waals surface area (Å²) in [7, 11) is 0. The van der Waals surface area contributed by atoms with E-state index < -0.39 is 17.7 Å². The monoisotopic (exact) mass is 218 g/mol.